The van der Waals surface area contributed by atoms with E-state index >= 15 is 0 Å². The molecule has 0 bridgehead atoms. The van der Waals surface area contributed by atoms with Crippen LogP contribution in [0.25, 0.3) is 0 Å². The molecular formula is C17H29O2-. The first-order chi connectivity index (χ1) is 8.88. The molecule has 0 heterocycles. The van der Waals surface area contributed by atoms with Crippen molar-refractivity contribution < 1.29 is 9.90 Å². The maximum Gasteiger partial charge on any atom is 0.0677 e. The van der Waals surface area contributed by atoms with Crippen molar-refractivity contribution in [3.8, 4) is 0 Å². The predicted octanol–water partition coefficient (Wildman–Crippen LogP) is 3.87. The smallest absolute Gasteiger partial charge is 0.0677 e. The first-order valence-electron chi connectivity index (χ1n) is 7.46. The third kappa shape index (κ3) is 8.63. The zero-order valence-corrected chi connectivity index (χ0v) is 13.2. The lowest BCUT2D eigenvalue weighted by Crippen LogP contribution is -2.24. The molecule has 0 radical (unpaired) electrons. The number of hydrogen-bond acceptors (Lipinski definition) is 2. The maximum absolute atomic E-state index is 10.9. The second-order valence-electron chi connectivity index (χ2n) is 5.87. The summed E-state index contributed by atoms with van der Waals surface area (Å²) in [7, 11) is 0. The summed E-state index contributed by atoms with van der Waals surface area (Å²) in [5, 5.41) is 10.9. The van der Waals surface area contributed by atoms with Crippen molar-refractivity contribution in [2.75, 3.05) is 0 Å². The van der Waals surface area contributed by atoms with E-state index in [0.717, 1.165) is 17.9 Å². The van der Waals surface area contributed by atoms with Gasteiger partial charge < -0.3 is 9.90 Å². The lowest BCUT2D eigenvalue weighted by Gasteiger charge is -2.11. The van der Waals surface area contributed by atoms with E-state index in [2.05, 4.69) is 26.8 Å². The fourth-order valence-electron chi connectivity index (χ4n) is 2.15. The minimum atomic E-state index is -1.05. The van der Waals surface area contributed by atoms with Gasteiger partial charge in [-0.3, -0.25) is 0 Å². The zero-order valence-electron chi connectivity index (χ0n) is 13.2. The Morgan fingerprint density at radius 1 is 1.21 bits per heavy atom. The molecule has 110 valence electrons. The summed E-state index contributed by atoms with van der Waals surface area (Å²) >= 11 is 0. The second kappa shape index (κ2) is 9.82. The number of carbonyl (C=O) groups excluding carboxylic acids is 1. The van der Waals surface area contributed by atoms with Crippen LogP contribution in [0, 0.1) is 11.8 Å². The number of carboxylic acids is 1. The molecule has 0 aromatic rings. The third-order valence-corrected chi connectivity index (χ3v) is 3.46. The van der Waals surface area contributed by atoms with Crippen molar-refractivity contribution in [3.63, 3.8) is 0 Å². The number of hydrogen-bond donors (Lipinski definition) is 0. The van der Waals surface area contributed by atoms with E-state index in [4.69, 9.17) is 0 Å². The van der Waals surface area contributed by atoms with Gasteiger partial charge in [-0.25, -0.2) is 0 Å². The van der Waals surface area contributed by atoms with Crippen LogP contribution in [-0.4, -0.2) is 5.97 Å². The van der Waals surface area contributed by atoms with Crippen molar-refractivity contribution in [3.05, 3.63) is 23.3 Å². The molecule has 0 spiro atoms. The number of rotatable bonds is 9. The van der Waals surface area contributed by atoms with Gasteiger partial charge in [0.05, 0.1) is 5.97 Å². The molecule has 0 aliphatic heterocycles. The van der Waals surface area contributed by atoms with Crippen molar-refractivity contribution in [2.24, 2.45) is 11.8 Å². The molecule has 2 heteroatoms. The van der Waals surface area contributed by atoms with E-state index in [1.807, 2.05) is 19.9 Å². The van der Waals surface area contributed by atoms with E-state index in [9.17, 15) is 9.90 Å². The number of carboxylic acid groups (broad SMARTS) is 1. The van der Waals surface area contributed by atoms with Gasteiger partial charge >= 0.3 is 0 Å². The quantitative estimate of drug-likeness (QED) is 0.469. The molecule has 19 heavy (non-hydrogen) atoms. The van der Waals surface area contributed by atoms with Crippen molar-refractivity contribution in [1.82, 2.24) is 0 Å². The van der Waals surface area contributed by atoms with Gasteiger partial charge in [0.15, 0.2) is 0 Å². The van der Waals surface area contributed by atoms with Crippen LogP contribution in [0.15, 0.2) is 23.3 Å². The Morgan fingerprint density at radius 3 is 2.32 bits per heavy atom. The summed E-state index contributed by atoms with van der Waals surface area (Å²) in [6.07, 6.45) is 9.36. The molecule has 0 N–H and O–H groups in total. The van der Waals surface area contributed by atoms with E-state index in [1.165, 1.54) is 19.3 Å². The van der Waals surface area contributed by atoms with Gasteiger partial charge in [-0.2, -0.15) is 0 Å². The van der Waals surface area contributed by atoms with E-state index < -0.39 is 5.97 Å². The molecule has 0 aliphatic carbocycles. The second-order valence-corrected chi connectivity index (χ2v) is 5.87. The molecule has 0 aromatic carbocycles. The molecule has 2 nitrogen and oxygen atoms in total. The van der Waals surface area contributed by atoms with Crippen molar-refractivity contribution in [1.29, 1.82) is 0 Å². The van der Waals surface area contributed by atoms with E-state index in [0.29, 0.717) is 17.9 Å². The highest BCUT2D eigenvalue weighted by Gasteiger charge is 2.02. The van der Waals surface area contributed by atoms with Gasteiger partial charge in [-0.1, -0.05) is 59.1 Å². The summed E-state index contributed by atoms with van der Waals surface area (Å²) in [5.74, 6) is 0.397. The lowest BCUT2D eigenvalue weighted by molar-refractivity contribution is -0.299. The van der Waals surface area contributed by atoms with Crippen molar-refractivity contribution >= 4 is 5.97 Å². The normalized spacial score (nSPS) is 14.8. The fraction of sp³-hybridized carbons (Fsp3) is 0.706. The van der Waals surface area contributed by atoms with E-state index in [1.54, 1.807) is 0 Å². The summed E-state index contributed by atoms with van der Waals surface area (Å²) in [4.78, 5) is 10.9. The Labute approximate surface area is 118 Å². The summed E-state index contributed by atoms with van der Waals surface area (Å²) in [5.41, 5.74) is 1.22. The van der Waals surface area contributed by atoms with Crippen LogP contribution in [0.2, 0.25) is 0 Å². The molecule has 0 fully saturated rings. The molecule has 0 saturated carbocycles. The Balaban J connectivity index is 4.17. The SMILES string of the molecule is CC/C(C(=O)[O-])=C(C)\C=C\CC(C)CCCC(C)C. The maximum atomic E-state index is 10.9. The molecule has 1 unspecified atom stereocenters. The minimum absolute atomic E-state index is 0.406. The van der Waals surface area contributed by atoms with E-state index in [-0.39, 0.29) is 0 Å². The highest BCUT2D eigenvalue weighted by Crippen LogP contribution is 2.16. The topological polar surface area (TPSA) is 40.1 Å². The summed E-state index contributed by atoms with van der Waals surface area (Å²) in [6.45, 7) is 10.4. The predicted molar refractivity (Wildman–Crippen MR) is 79.6 cm³/mol. The van der Waals surface area contributed by atoms with Crippen LogP contribution in [0.3, 0.4) is 0 Å². The number of allylic oxidation sites excluding steroid dienone is 3. The summed E-state index contributed by atoms with van der Waals surface area (Å²) in [6, 6.07) is 0. The molecule has 0 aliphatic rings. The number of carbonyl (C=O) groups is 1. The monoisotopic (exact) mass is 265 g/mol. The largest absolute Gasteiger partial charge is 0.545 e. The average molecular weight is 265 g/mol. The standard InChI is InChI=1S/C17H30O2/c1-6-16(17(18)19)15(5)12-8-11-14(4)10-7-9-13(2)3/h8,12-14H,6-7,9-11H2,1-5H3,(H,18,19)/p-1/b12-8+,16-15+. The zero-order chi connectivity index (χ0) is 14.8. The van der Waals surface area contributed by atoms with Crippen LogP contribution in [0.1, 0.15) is 66.7 Å². The molecule has 0 saturated heterocycles. The van der Waals surface area contributed by atoms with Crippen LogP contribution in [-0.2, 0) is 4.79 Å². The van der Waals surface area contributed by atoms with Crippen LogP contribution in [0.5, 0.6) is 0 Å². The molecule has 0 aromatic heterocycles. The first-order valence-corrected chi connectivity index (χ1v) is 7.46. The molecule has 0 amide bonds. The van der Waals surface area contributed by atoms with Gasteiger partial charge in [-0.05, 0) is 42.7 Å². The van der Waals surface area contributed by atoms with Gasteiger partial charge in [0.25, 0.3) is 0 Å². The fourth-order valence-corrected chi connectivity index (χ4v) is 2.15. The molecular weight excluding hydrogens is 236 g/mol. The van der Waals surface area contributed by atoms with Crippen LogP contribution < -0.4 is 5.11 Å². The third-order valence-electron chi connectivity index (χ3n) is 3.46. The van der Waals surface area contributed by atoms with Gasteiger partial charge in [0.1, 0.15) is 0 Å². The Kier molecular flexibility index (Phi) is 9.28. The molecule has 0 rings (SSSR count). The van der Waals surface area contributed by atoms with Crippen molar-refractivity contribution in [2.45, 2.75) is 66.7 Å². The van der Waals surface area contributed by atoms with Gasteiger partial charge in [-0.15, -0.1) is 0 Å². The average Bonchev–Trinajstić information content (AvgIpc) is 2.28. The summed E-state index contributed by atoms with van der Waals surface area (Å²) < 4.78 is 0. The Morgan fingerprint density at radius 2 is 1.84 bits per heavy atom. The van der Waals surface area contributed by atoms with Crippen LogP contribution >= 0.6 is 0 Å². The molecule has 1 atom stereocenters. The minimum Gasteiger partial charge on any atom is -0.545 e. The highest BCUT2D eigenvalue weighted by atomic mass is 16.4. The van der Waals surface area contributed by atoms with Gasteiger partial charge in [0.2, 0.25) is 0 Å². The van der Waals surface area contributed by atoms with Gasteiger partial charge in [0, 0.05) is 0 Å². The highest BCUT2D eigenvalue weighted by molar-refractivity contribution is 5.86. The Bertz CT molecular complexity index is 324. The lowest BCUT2D eigenvalue weighted by atomic mass is 9.96. The van der Waals surface area contributed by atoms with Crippen LogP contribution in [0.4, 0.5) is 0 Å². The number of aliphatic carboxylic acids is 1. The first kappa shape index (κ1) is 17.9. The Hall–Kier alpha value is -1.05.